The number of carbonyl (C=O) groups is 1. The van der Waals surface area contributed by atoms with E-state index in [1.165, 1.54) is 5.56 Å². The second-order valence-electron chi connectivity index (χ2n) is 8.97. The average Bonchev–Trinajstić information content (AvgIpc) is 3.08. The molecule has 30 heavy (non-hydrogen) atoms. The van der Waals surface area contributed by atoms with Crippen LogP contribution in [0, 0.1) is 6.92 Å². The topological polar surface area (TPSA) is 52.6 Å². The highest BCUT2D eigenvalue weighted by atomic mass is 16.2. The lowest BCUT2D eigenvalue weighted by molar-refractivity contribution is -0.123. The summed E-state index contributed by atoms with van der Waals surface area (Å²) >= 11 is 0. The number of amides is 1. The molecule has 6 nitrogen and oxygen atoms in total. The molecule has 1 fully saturated rings. The molecular weight excluding hydrogens is 374 g/mol. The van der Waals surface area contributed by atoms with E-state index >= 15 is 0 Å². The molecule has 0 aliphatic carbocycles. The predicted molar refractivity (Wildman–Crippen MR) is 121 cm³/mol. The van der Waals surface area contributed by atoms with E-state index in [-0.39, 0.29) is 18.0 Å². The monoisotopic (exact) mass is 407 g/mol. The van der Waals surface area contributed by atoms with Gasteiger partial charge in [0.25, 0.3) is 0 Å². The second kappa shape index (κ2) is 8.34. The van der Waals surface area contributed by atoms with Gasteiger partial charge < -0.3 is 9.80 Å². The number of nitrogens with zero attached hydrogens (tertiary/aromatic N) is 5. The Morgan fingerprint density at radius 1 is 1.07 bits per heavy atom. The summed E-state index contributed by atoms with van der Waals surface area (Å²) in [6, 6.07) is 10.5. The Morgan fingerprint density at radius 2 is 1.77 bits per heavy atom. The SMILES string of the molecule is Cc1cc(N2CCN([C@@H](C)C(=O)N3c4ccccc4C[C@H]3C)CC2)nc(C(C)C)n1. The quantitative estimate of drug-likeness (QED) is 0.778. The van der Waals surface area contributed by atoms with E-state index in [0.29, 0.717) is 5.92 Å². The Balaban J connectivity index is 1.43. The largest absolute Gasteiger partial charge is 0.354 e. The van der Waals surface area contributed by atoms with Crippen molar-refractivity contribution in [2.45, 2.75) is 59.0 Å². The zero-order chi connectivity index (χ0) is 21.4. The van der Waals surface area contributed by atoms with E-state index in [0.717, 1.165) is 55.6 Å². The molecule has 0 saturated carbocycles. The second-order valence-corrected chi connectivity index (χ2v) is 8.97. The third kappa shape index (κ3) is 3.93. The van der Waals surface area contributed by atoms with Gasteiger partial charge in [-0.1, -0.05) is 32.0 Å². The highest BCUT2D eigenvalue weighted by molar-refractivity contribution is 5.99. The number of fused-ring (bicyclic) bond motifs is 1. The molecule has 0 unspecified atom stereocenters. The Kier molecular flexibility index (Phi) is 5.78. The van der Waals surface area contributed by atoms with Gasteiger partial charge in [0.2, 0.25) is 5.91 Å². The molecule has 3 heterocycles. The van der Waals surface area contributed by atoms with Crippen LogP contribution >= 0.6 is 0 Å². The van der Waals surface area contributed by atoms with Gasteiger partial charge in [-0.2, -0.15) is 0 Å². The summed E-state index contributed by atoms with van der Waals surface area (Å²) in [6.45, 7) is 13.9. The summed E-state index contributed by atoms with van der Waals surface area (Å²) < 4.78 is 0. The molecule has 2 atom stereocenters. The van der Waals surface area contributed by atoms with Crippen molar-refractivity contribution in [3.8, 4) is 0 Å². The van der Waals surface area contributed by atoms with E-state index in [4.69, 9.17) is 4.98 Å². The summed E-state index contributed by atoms with van der Waals surface area (Å²) in [6.07, 6.45) is 0.938. The van der Waals surface area contributed by atoms with E-state index in [2.05, 4.69) is 66.7 Å². The van der Waals surface area contributed by atoms with E-state index < -0.39 is 0 Å². The maximum absolute atomic E-state index is 13.4. The number of aromatic nitrogens is 2. The molecule has 160 valence electrons. The van der Waals surface area contributed by atoms with E-state index in [1.54, 1.807) is 0 Å². The minimum Gasteiger partial charge on any atom is -0.354 e. The lowest BCUT2D eigenvalue weighted by Crippen LogP contribution is -2.55. The van der Waals surface area contributed by atoms with Crippen LogP contribution in [0.25, 0.3) is 0 Å². The van der Waals surface area contributed by atoms with Gasteiger partial charge in [-0.3, -0.25) is 9.69 Å². The highest BCUT2D eigenvalue weighted by Crippen LogP contribution is 2.33. The molecule has 1 aromatic heterocycles. The number of piperazine rings is 1. The first-order valence-electron chi connectivity index (χ1n) is 11.1. The molecule has 2 aliphatic rings. The fraction of sp³-hybridized carbons (Fsp3) is 0.542. The van der Waals surface area contributed by atoms with Crippen molar-refractivity contribution in [2.24, 2.45) is 0 Å². The van der Waals surface area contributed by atoms with Gasteiger partial charge in [0.05, 0.1) is 6.04 Å². The zero-order valence-electron chi connectivity index (χ0n) is 18.8. The first-order valence-corrected chi connectivity index (χ1v) is 11.1. The molecule has 6 heteroatoms. The maximum atomic E-state index is 13.4. The average molecular weight is 408 g/mol. The standard InChI is InChI=1S/C24H33N5O/c1-16(2)23-25-17(3)14-22(26-23)28-12-10-27(11-13-28)19(5)24(30)29-18(4)15-20-8-6-7-9-21(20)29/h6-9,14,16,18-19H,10-13,15H2,1-5H3/t18-,19+/m1/s1. The van der Waals surface area contributed by atoms with Crippen LogP contribution in [0.15, 0.2) is 30.3 Å². The number of carbonyl (C=O) groups excluding carboxylic acids is 1. The first-order chi connectivity index (χ1) is 14.3. The maximum Gasteiger partial charge on any atom is 0.244 e. The Bertz CT molecular complexity index is 920. The minimum atomic E-state index is -0.126. The predicted octanol–water partition coefficient (Wildman–Crippen LogP) is 3.40. The summed E-state index contributed by atoms with van der Waals surface area (Å²) in [7, 11) is 0. The van der Waals surface area contributed by atoms with Gasteiger partial charge in [-0.05, 0) is 38.8 Å². The van der Waals surface area contributed by atoms with Crippen LogP contribution < -0.4 is 9.80 Å². The van der Waals surface area contributed by atoms with Gasteiger partial charge in [0, 0.05) is 55.6 Å². The van der Waals surface area contributed by atoms with Crippen LogP contribution in [0.5, 0.6) is 0 Å². The Labute approximate surface area is 179 Å². The van der Waals surface area contributed by atoms with Crippen molar-refractivity contribution in [1.29, 1.82) is 0 Å². The molecule has 1 aromatic carbocycles. The van der Waals surface area contributed by atoms with Crippen molar-refractivity contribution >= 4 is 17.4 Å². The Hall–Kier alpha value is -2.47. The molecule has 2 aliphatic heterocycles. The fourth-order valence-electron chi connectivity index (χ4n) is 4.59. The van der Waals surface area contributed by atoms with Crippen molar-refractivity contribution in [1.82, 2.24) is 14.9 Å². The summed E-state index contributed by atoms with van der Waals surface area (Å²) in [4.78, 5) is 29.4. The molecule has 0 bridgehead atoms. The zero-order valence-corrected chi connectivity index (χ0v) is 18.8. The first kappa shape index (κ1) is 20.8. The number of aryl methyl sites for hydroxylation is 1. The third-order valence-corrected chi connectivity index (χ3v) is 6.36. The molecule has 1 saturated heterocycles. The fourth-order valence-corrected chi connectivity index (χ4v) is 4.59. The van der Waals surface area contributed by atoms with Crippen molar-refractivity contribution in [3.05, 3.63) is 47.4 Å². The van der Waals surface area contributed by atoms with Crippen molar-refractivity contribution in [2.75, 3.05) is 36.0 Å². The molecule has 0 spiro atoms. The summed E-state index contributed by atoms with van der Waals surface area (Å²) in [5.74, 6) is 2.43. The number of anilines is 2. The van der Waals surface area contributed by atoms with Crippen molar-refractivity contribution in [3.63, 3.8) is 0 Å². The van der Waals surface area contributed by atoms with Crippen LogP contribution in [-0.4, -0.2) is 59.0 Å². The van der Waals surface area contributed by atoms with Crippen molar-refractivity contribution < 1.29 is 4.79 Å². The third-order valence-electron chi connectivity index (χ3n) is 6.36. The lowest BCUT2D eigenvalue weighted by Gasteiger charge is -2.39. The normalized spacial score (nSPS) is 20.5. The molecule has 2 aromatic rings. The molecular formula is C24H33N5O. The summed E-state index contributed by atoms with van der Waals surface area (Å²) in [5.41, 5.74) is 3.37. The highest BCUT2D eigenvalue weighted by Gasteiger charge is 2.36. The van der Waals surface area contributed by atoms with Gasteiger partial charge in [0.15, 0.2) is 0 Å². The molecule has 4 rings (SSSR count). The van der Waals surface area contributed by atoms with Crippen LogP contribution in [-0.2, 0) is 11.2 Å². The van der Waals surface area contributed by atoms with Crippen LogP contribution in [0.2, 0.25) is 0 Å². The molecule has 0 radical (unpaired) electrons. The minimum absolute atomic E-state index is 0.126. The lowest BCUT2D eigenvalue weighted by atomic mass is 10.1. The number of para-hydroxylation sites is 1. The molecule has 1 amide bonds. The van der Waals surface area contributed by atoms with E-state index in [9.17, 15) is 4.79 Å². The molecule has 0 N–H and O–H groups in total. The van der Waals surface area contributed by atoms with Crippen LogP contribution in [0.1, 0.15) is 50.7 Å². The van der Waals surface area contributed by atoms with Gasteiger partial charge >= 0.3 is 0 Å². The van der Waals surface area contributed by atoms with Gasteiger partial charge in [0.1, 0.15) is 11.6 Å². The van der Waals surface area contributed by atoms with Crippen LogP contribution in [0.4, 0.5) is 11.5 Å². The Morgan fingerprint density at radius 3 is 2.47 bits per heavy atom. The van der Waals surface area contributed by atoms with Crippen LogP contribution in [0.3, 0.4) is 0 Å². The van der Waals surface area contributed by atoms with Gasteiger partial charge in [-0.25, -0.2) is 9.97 Å². The number of benzene rings is 1. The smallest absolute Gasteiger partial charge is 0.244 e. The number of hydrogen-bond donors (Lipinski definition) is 0. The number of rotatable bonds is 4. The van der Waals surface area contributed by atoms with E-state index in [1.807, 2.05) is 17.9 Å². The van der Waals surface area contributed by atoms with Gasteiger partial charge in [-0.15, -0.1) is 0 Å². The summed E-state index contributed by atoms with van der Waals surface area (Å²) in [5, 5.41) is 0. The number of hydrogen-bond acceptors (Lipinski definition) is 5.